The number of fused-ring (bicyclic) bond motifs is 5. The van der Waals surface area contributed by atoms with E-state index in [1.54, 1.807) is 0 Å². The molecule has 3 nitrogen and oxygen atoms in total. The molecule has 0 amide bonds. The van der Waals surface area contributed by atoms with Crippen molar-refractivity contribution < 1.29 is 4.42 Å². The van der Waals surface area contributed by atoms with Gasteiger partial charge in [0.2, 0.25) is 0 Å². The molecule has 0 unspecified atom stereocenters. The molecular formula is C48H30N2O. The highest BCUT2D eigenvalue weighted by molar-refractivity contribution is 6.27. The van der Waals surface area contributed by atoms with Crippen LogP contribution in [0.1, 0.15) is 0 Å². The van der Waals surface area contributed by atoms with Gasteiger partial charge in [0, 0.05) is 33.0 Å². The van der Waals surface area contributed by atoms with E-state index < -0.39 is 0 Å². The number of rotatable bonds is 5. The zero-order valence-electron chi connectivity index (χ0n) is 27.6. The average molecular weight is 651 g/mol. The summed E-state index contributed by atoms with van der Waals surface area (Å²) in [6.07, 6.45) is 0. The number of furan rings is 1. The molecule has 0 radical (unpaired) electrons. The third kappa shape index (κ3) is 4.98. The summed E-state index contributed by atoms with van der Waals surface area (Å²) in [6.45, 7) is 0. The molecule has 0 saturated heterocycles. The first kappa shape index (κ1) is 29.1. The van der Waals surface area contributed by atoms with Crippen LogP contribution in [0, 0.1) is 0 Å². The lowest BCUT2D eigenvalue weighted by Crippen LogP contribution is -1.98. The highest BCUT2D eigenvalue weighted by Crippen LogP contribution is 2.46. The normalized spacial score (nSPS) is 11.5. The third-order valence-electron chi connectivity index (χ3n) is 9.86. The summed E-state index contributed by atoms with van der Waals surface area (Å²) in [5, 5.41) is 8.19. The van der Waals surface area contributed by atoms with Crippen molar-refractivity contribution in [2.24, 2.45) is 0 Å². The fraction of sp³-hybridized carbons (Fsp3) is 0. The van der Waals surface area contributed by atoms with Crippen molar-refractivity contribution in [3.63, 3.8) is 0 Å². The van der Waals surface area contributed by atoms with Crippen LogP contribution in [-0.2, 0) is 0 Å². The summed E-state index contributed by atoms with van der Waals surface area (Å²) in [7, 11) is 0. The zero-order valence-corrected chi connectivity index (χ0v) is 27.6. The summed E-state index contributed by atoms with van der Waals surface area (Å²) in [5.41, 5.74) is 9.08. The van der Waals surface area contributed by atoms with Crippen molar-refractivity contribution >= 4 is 43.3 Å². The summed E-state index contributed by atoms with van der Waals surface area (Å²) < 4.78 is 6.28. The molecule has 2 aromatic heterocycles. The molecule has 0 fully saturated rings. The number of benzene rings is 8. The van der Waals surface area contributed by atoms with Crippen LogP contribution in [0.15, 0.2) is 186 Å². The van der Waals surface area contributed by atoms with E-state index in [1.807, 2.05) is 36.4 Å². The van der Waals surface area contributed by atoms with E-state index in [1.165, 1.54) is 38.1 Å². The van der Waals surface area contributed by atoms with Gasteiger partial charge >= 0.3 is 0 Å². The van der Waals surface area contributed by atoms with Gasteiger partial charge < -0.3 is 4.42 Å². The Labute approximate surface area is 295 Å². The Hall–Kier alpha value is -6.84. The number of hydrogen-bond acceptors (Lipinski definition) is 3. The van der Waals surface area contributed by atoms with E-state index in [0.717, 1.165) is 55.8 Å². The molecule has 0 N–H and O–H groups in total. The van der Waals surface area contributed by atoms with Crippen molar-refractivity contribution in [2.75, 3.05) is 0 Å². The molecule has 238 valence electrons. The summed E-state index contributed by atoms with van der Waals surface area (Å²) in [6, 6.07) is 63.8. The molecule has 3 heteroatoms. The maximum Gasteiger partial charge on any atom is 0.160 e. The molecule has 8 aromatic carbocycles. The fourth-order valence-electron chi connectivity index (χ4n) is 7.53. The lowest BCUT2D eigenvalue weighted by Gasteiger charge is -2.19. The van der Waals surface area contributed by atoms with Gasteiger partial charge in [0.15, 0.2) is 5.82 Å². The van der Waals surface area contributed by atoms with Gasteiger partial charge in [-0.2, -0.15) is 0 Å². The van der Waals surface area contributed by atoms with Gasteiger partial charge in [0.25, 0.3) is 0 Å². The average Bonchev–Trinajstić information content (AvgIpc) is 3.65. The maximum absolute atomic E-state index is 6.28. The Balaban J connectivity index is 1.29. The second-order valence-electron chi connectivity index (χ2n) is 12.9. The molecule has 10 rings (SSSR count). The number of para-hydroxylation sites is 1. The minimum absolute atomic E-state index is 0.682. The Kier molecular flexibility index (Phi) is 6.81. The predicted molar refractivity (Wildman–Crippen MR) is 212 cm³/mol. The molecule has 2 heterocycles. The molecule has 0 aliphatic rings. The van der Waals surface area contributed by atoms with Crippen LogP contribution in [-0.4, -0.2) is 9.97 Å². The Bertz CT molecular complexity index is 2880. The van der Waals surface area contributed by atoms with Crippen LogP contribution >= 0.6 is 0 Å². The molecular weight excluding hydrogens is 621 g/mol. The quantitative estimate of drug-likeness (QED) is 0.137. The number of nitrogens with zero attached hydrogens (tertiary/aromatic N) is 2. The van der Waals surface area contributed by atoms with Gasteiger partial charge in [-0.3, -0.25) is 0 Å². The minimum atomic E-state index is 0.682. The van der Waals surface area contributed by atoms with Crippen LogP contribution in [0.25, 0.3) is 99.6 Å². The molecule has 0 atom stereocenters. The monoisotopic (exact) mass is 650 g/mol. The van der Waals surface area contributed by atoms with Crippen LogP contribution < -0.4 is 0 Å². The molecule has 10 aromatic rings. The topological polar surface area (TPSA) is 38.9 Å². The summed E-state index contributed by atoms with van der Waals surface area (Å²) in [4.78, 5) is 10.6. The minimum Gasteiger partial charge on any atom is -0.456 e. The first-order valence-electron chi connectivity index (χ1n) is 17.2. The molecule has 0 saturated carbocycles. The maximum atomic E-state index is 6.28. The van der Waals surface area contributed by atoms with Gasteiger partial charge in [-0.1, -0.05) is 158 Å². The lowest BCUT2D eigenvalue weighted by atomic mass is 9.85. The van der Waals surface area contributed by atoms with Crippen LogP contribution in [0.2, 0.25) is 0 Å². The number of aromatic nitrogens is 2. The van der Waals surface area contributed by atoms with Gasteiger partial charge in [0.1, 0.15) is 11.3 Å². The van der Waals surface area contributed by atoms with Crippen molar-refractivity contribution in [1.29, 1.82) is 0 Å². The highest BCUT2D eigenvalue weighted by atomic mass is 16.3. The SMILES string of the molecule is c1ccc(-c2nc(-c3cccc(-c4cc5ccccc5o4)c3)cc(-c3c4ccccc4c(-c4ccccc4)c4ccc5ccccc5c34)n2)cc1. The summed E-state index contributed by atoms with van der Waals surface area (Å²) in [5.74, 6) is 1.51. The lowest BCUT2D eigenvalue weighted by molar-refractivity contribution is 0.631. The number of hydrogen-bond donors (Lipinski definition) is 0. The van der Waals surface area contributed by atoms with Crippen molar-refractivity contribution in [3.05, 3.63) is 182 Å². The third-order valence-corrected chi connectivity index (χ3v) is 9.86. The summed E-state index contributed by atoms with van der Waals surface area (Å²) >= 11 is 0. The Morgan fingerprint density at radius 3 is 1.75 bits per heavy atom. The van der Waals surface area contributed by atoms with Gasteiger partial charge in [-0.15, -0.1) is 0 Å². The van der Waals surface area contributed by atoms with E-state index in [4.69, 9.17) is 14.4 Å². The highest BCUT2D eigenvalue weighted by Gasteiger charge is 2.21. The molecule has 0 bridgehead atoms. The van der Waals surface area contributed by atoms with Crippen LogP contribution in [0.3, 0.4) is 0 Å². The van der Waals surface area contributed by atoms with Crippen molar-refractivity contribution in [2.45, 2.75) is 0 Å². The Morgan fingerprint density at radius 2 is 0.961 bits per heavy atom. The molecule has 51 heavy (non-hydrogen) atoms. The van der Waals surface area contributed by atoms with Gasteiger partial charge in [-0.25, -0.2) is 9.97 Å². The standard InChI is InChI=1S/C48H30N2O/c1-3-15-32(16-4-1)45-38-23-10-11-24-39(38)47(46-37-22-9-7-14-31(37)26-27-40(45)46)42-30-41(49-48(50-42)33-17-5-2-6-18-33)34-20-13-21-35(28-34)44-29-36-19-8-12-25-43(36)51-44/h1-30H. The van der Waals surface area contributed by atoms with Crippen molar-refractivity contribution in [3.8, 4) is 56.4 Å². The van der Waals surface area contributed by atoms with Crippen molar-refractivity contribution in [1.82, 2.24) is 9.97 Å². The molecule has 0 spiro atoms. The second kappa shape index (κ2) is 11.9. The second-order valence-corrected chi connectivity index (χ2v) is 12.9. The van der Waals surface area contributed by atoms with E-state index in [-0.39, 0.29) is 0 Å². The zero-order chi connectivity index (χ0) is 33.7. The molecule has 0 aliphatic heterocycles. The van der Waals surface area contributed by atoms with Gasteiger partial charge in [-0.05, 0) is 62.3 Å². The smallest absolute Gasteiger partial charge is 0.160 e. The van der Waals surface area contributed by atoms with E-state index in [9.17, 15) is 0 Å². The van der Waals surface area contributed by atoms with E-state index in [0.29, 0.717) is 5.82 Å². The van der Waals surface area contributed by atoms with Crippen LogP contribution in [0.5, 0.6) is 0 Å². The first-order chi connectivity index (χ1) is 25.3. The fourth-order valence-corrected chi connectivity index (χ4v) is 7.53. The Morgan fingerprint density at radius 1 is 0.353 bits per heavy atom. The van der Waals surface area contributed by atoms with Crippen LogP contribution in [0.4, 0.5) is 0 Å². The predicted octanol–water partition coefficient (Wildman–Crippen LogP) is 13.0. The van der Waals surface area contributed by atoms with E-state index >= 15 is 0 Å². The molecule has 0 aliphatic carbocycles. The largest absolute Gasteiger partial charge is 0.456 e. The van der Waals surface area contributed by atoms with E-state index in [2.05, 4.69) is 146 Å². The van der Waals surface area contributed by atoms with Gasteiger partial charge in [0.05, 0.1) is 11.4 Å². The first-order valence-corrected chi connectivity index (χ1v) is 17.2.